The number of hydrogen-bond acceptors (Lipinski definition) is 4. The van der Waals surface area contributed by atoms with Crippen LogP contribution in [0.4, 0.5) is 10.5 Å². The normalized spacial score (nSPS) is 16.4. The van der Waals surface area contributed by atoms with Gasteiger partial charge >= 0.3 is 0 Å². The van der Waals surface area contributed by atoms with Crippen molar-refractivity contribution in [3.05, 3.63) is 62.4 Å². The standard InChI is InChI=1S/C16H9BrClNO3S/c17-12-6-9(4-5-13(12)20)7-14-15(21)19(16(22)23-14)11-3-1-2-10(18)8-11/h1-8,20H/b14-7+. The molecule has 1 aliphatic heterocycles. The molecular weight excluding hydrogens is 402 g/mol. The van der Waals surface area contributed by atoms with E-state index >= 15 is 0 Å². The summed E-state index contributed by atoms with van der Waals surface area (Å²) < 4.78 is 0.514. The third-order valence-corrected chi connectivity index (χ3v) is 4.87. The number of hydrogen-bond donors (Lipinski definition) is 1. The van der Waals surface area contributed by atoms with E-state index in [1.54, 1.807) is 42.5 Å². The molecule has 0 unspecified atom stereocenters. The lowest BCUT2D eigenvalue weighted by atomic mass is 10.2. The van der Waals surface area contributed by atoms with Gasteiger partial charge in [0, 0.05) is 5.02 Å². The fraction of sp³-hybridized carbons (Fsp3) is 0. The van der Waals surface area contributed by atoms with E-state index in [4.69, 9.17) is 11.6 Å². The van der Waals surface area contributed by atoms with Crippen LogP contribution in [0.3, 0.4) is 0 Å². The van der Waals surface area contributed by atoms with Crippen molar-refractivity contribution in [1.29, 1.82) is 0 Å². The molecule has 4 nitrogen and oxygen atoms in total. The summed E-state index contributed by atoms with van der Waals surface area (Å²) in [7, 11) is 0. The van der Waals surface area contributed by atoms with Crippen LogP contribution in [0.1, 0.15) is 5.56 Å². The van der Waals surface area contributed by atoms with Crippen molar-refractivity contribution in [1.82, 2.24) is 0 Å². The molecule has 1 fully saturated rings. The number of imide groups is 1. The first kappa shape index (κ1) is 16.1. The molecule has 23 heavy (non-hydrogen) atoms. The Bertz CT molecular complexity index is 853. The molecule has 0 saturated carbocycles. The van der Waals surface area contributed by atoms with E-state index in [2.05, 4.69) is 15.9 Å². The van der Waals surface area contributed by atoms with E-state index in [1.165, 1.54) is 6.07 Å². The summed E-state index contributed by atoms with van der Waals surface area (Å²) >= 11 is 10.00. The molecule has 2 amide bonds. The summed E-state index contributed by atoms with van der Waals surface area (Å²) in [5.74, 6) is -0.291. The summed E-state index contributed by atoms with van der Waals surface area (Å²) in [6, 6.07) is 11.4. The topological polar surface area (TPSA) is 57.6 Å². The quantitative estimate of drug-likeness (QED) is 0.704. The Hall–Kier alpha value is -1.76. The number of carbonyl (C=O) groups excluding carboxylic acids is 2. The minimum absolute atomic E-state index is 0.106. The lowest BCUT2D eigenvalue weighted by Crippen LogP contribution is -2.27. The first-order chi connectivity index (χ1) is 11.0. The molecule has 7 heteroatoms. The first-order valence-electron chi connectivity index (χ1n) is 6.48. The van der Waals surface area contributed by atoms with Gasteiger partial charge in [-0.2, -0.15) is 0 Å². The molecule has 2 aromatic rings. The molecule has 0 spiro atoms. The van der Waals surface area contributed by atoms with Gasteiger partial charge in [-0.25, -0.2) is 4.90 Å². The maximum absolute atomic E-state index is 12.5. The number of aromatic hydroxyl groups is 1. The Morgan fingerprint density at radius 3 is 2.65 bits per heavy atom. The SMILES string of the molecule is O=C1S/C(=C/c2ccc(O)c(Br)c2)C(=O)N1c1cccc(Cl)c1. The van der Waals surface area contributed by atoms with E-state index in [9.17, 15) is 14.7 Å². The van der Waals surface area contributed by atoms with Crippen molar-refractivity contribution < 1.29 is 14.7 Å². The van der Waals surface area contributed by atoms with Gasteiger partial charge in [-0.1, -0.05) is 23.7 Å². The Morgan fingerprint density at radius 1 is 1.17 bits per heavy atom. The van der Waals surface area contributed by atoms with Crippen molar-refractivity contribution in [2.45, 2.75) is 0 Å². The summed E-state index contributed by atoms with van der Waals surface area (Å²) in [6.45, 7) is 0. The molecule has 1 N–H and O–H groups in total. The van der Waals surface area contributed by atoms with Crippen molar-refractivity contribution >= 4 is 62.2 Å². The highest BCUT2D eigenvalue weighted by molar-refractivity contribution is 9.10. The van der Waals surface area contributed by atoms with Gasteiger partial charge in [0.2, 0.25) is 0 Å². The lowest BCUT2D eigenvalue weighted by molar-refractivity contribution is -0.113. The smallest absolute Gasteiger partial charge is 0.298 e. The molecule has 0 aromatic heterocycles. The van der Waals surface area contributed by atoms with E-state index < -0.39 is 5.91 Å². The highest BCUT2D eigenvalue weighted by Crippen LogP contribution is 2.37. The first-order valence-corrected chi connectivity index (χ1v) is 8.46. The summed E-state index contributed by atoms with van der Waals surface area (Å²) in [5, 5.41) is 9.58. The molecule has 3 rings (SSSR count). The van der Waals surface area contributed by atoms with Gasteiger partial charge in [-0.3, -0.25) is 9.59 Å². The van der Waals surface area contributed by atoms with Gasteiger partial charge in [0.05, 0.1) is 15.1 Å². The molecule has 1 heterocycles. The summed E-state index contributed by atoms with van der Waals surface area (Å²) in [4.78, 5) is 26.1. The van der Waals surface area contributed by atoms with Crippen LogP contribution in [0.25, 0.3) is 6.08 Å². The van der Waals surface area contributed by atoms with E-state index in [1.807, 2.05) is 0 Å². The third-order valence-electron chi connectivity index (χ3n) is 3.13. The fourth-order valence-corrected chi connectivity index (χ4v) is 3.49. The minimum atomic E-state index is -0.397. The molecule has 0 atom stereocenters. The zero-order valence-corrected chi connectivity index (χ0v) is 14.7. The van der Waals surface area contributed by atoms with Crippen LogP contribution in [0.5, 0.6) is 5.75 Å². The van der Waals surface area contributed by atoms with Crippen LogP contribution in [0.15, 0.2) is 51.8 Å². The summed E-state index contributed by atoms with van der Waals surface area (Å²) in [6.07, 6.45) is 1.61. The number of anilines is 1. The number of benzene rings is 2. The predicted molar refractivity (Wildman–Crippen MR) is 95.7 cm³/mol. The minimum Gasteiger partial charge on any atom is -0.507 e. The van der Waals surface area contributed by atoms with Crippen LogP contribution in [-0.2, 0) is 4.79 Å². The zero-order chi connectivity index (χ0) is 16.6. The Kier molecular flexibility index (Phi) is 4.48. The van der Waals surface area contributed by atoms with Crippen LogP contribution in [0.2, 0.25) is 5.02 Å². The Balaban J connectivity index is 1.94. The van der Waals surface area contributed by atoms with Gasteiger partial charge in [-0.15, -0.1) is 0 Å². The maximum Gasteiger partial charge on any atom is 0.298 e. The molecule has 0 radical (unpaired) electrons. The third kappa shape index (κ3) is 3.29. The van der Waals surface area contributed by atoms with Gasteiger partial charge in [0.25, 0.3) is 11.1 Å². The number of halogens is 2. The Morgan fingerprint density at radius 2 is 1.96 bits per heavy atom. The molecular formula is C16H9BrClNO3S. The number of rotatable bonds is 2. The average molecular weight is 411 g/mol. The van der Waals surface area contributed by atoms with Gasteiger partial charge in [0.1, 0.15) is 5.75 Å². The second-order valence-electron chi connectivity index (χ2n) is 4.71. The fourth-order valence-electron chi connectivity index (χ4n) is 2.07. The summed E-state index contributed by atoms with van der Waals surface area (Å²) in [5.41, 5.74) is 1.14. The van der Waals surface area contributed by atoms with Gasteiger partial charge in [-0.05, 0) is 69.7 Å². The molecule has 0 bridgehead atoms. The number of nitrogens with zero attached hydrogens (tertiary/aromatic N) is 1. The molecule has 1 saturated heterocycles. The van der Waals surface area contributed by atoms with Crippen molar-refractivity contribution in [3.8, 4) is 5.75 Å². The van der Waals surface area contributed by atoms with Gasteiger partial charge in [0.15, 0.2) is 0 Å². The molecule has 116 valence electrons. The van der Waals surface area contributed by atoms with Crippen LogP contribution >= 0.6 is 39.3 Å². The number of carbonyl (C=O) groups is 2. The maximum atomic E-state index is 12.5. The van der Waals surface area contributed by atoms with E-state index in [0.717, 1.165) is 16.7 Å². The second kappa shape index (κ2) is 6.39. The largest absolute Gasteiger partial charge is 0.507 e. The Labute approximate surface area is 149 Å². The van der Waals surface area contributed by atoms with Crippen molar-refractivity contribution in [2.75, 3.05) is 4.90 Å². The predicted octanol–water partition coefficient (Wildman–Crippen LogP) is 5.05. The van der Waals surface area contributed by atoms with Crippen molar-refractivity contribution in [2.24, 2.45) is 0 Å². The lowest BCUT2D eigenvalue weighted by Gasteiger charge is -2.12. The van der Waals surface area contributed by atoms with E-state index in [-0.39, 0.29) is 11.0 Å². The number of phenols is 1. The molecule has 0 aliphatic carbocycles. The molecule has 1 aliphatic rings. The van der Waals surface area contributed by atoms with E-state index in [0.29, 0.717) is 25.7 Å². The van der Waals surface area contributed by atoms with Crippen LogP contribution < -0.4 is 4.90 Å². The molecule has 2 aromatic carbocycles. The van der Waals surface area contributed by atoms with Crippen molar-refractivity contribution in [3.63, 3.8) is 0 Å². The van der Waals surface area contributed by atoms with Crippen LogP contribution in [0, 0.1) is 0 Å². The number of thioether (sulfide) groups is 1. The zero-order valence-electron chi connectivity index (χ0n) is 11.5. The highest BCUT2D eigenvalue weighted by Gasteiger charge is 2.36. The van der Waals surface area contributed by atoms with Gasteiger partial charge < -0.3 is 5.11 Å². The number of phenolic OH excluding ortho intramolecular Hbond substituents is 1. The average Bonchev–Trinajstić information content (AvgIpc) is 2.77. The van der Waals surface area contributed by atoms with Crippen LogP contribution in [-0.4, -0.2) is 16.3 Å². The highest BCUT2D eigenvalue weighted by atomic mass is 79.9. The number of amides is 2. The second-order valence-corrected chi connectivity index (χ2v) is 6.99. The monoisotopic (exact) mass is 409 g/mol.